The molecule has 0 radical (unpaired) electrons. The highest BCUT2D eigenvalue weighted by Gasteiger charge is 2.18. The first-order valence-electron chi connectivity index (χ1n) is 6.16. The molecule has 6 heteroatoms. The molecule has 0 saturated carbocycles. The third-order valence-corrected chi connectivity index (χ3v) is 3.20. The van der Waals surface area contributed by atoms with E-state index in [4.69, 9.17) is 20.8 Å². The quantitative estimate of drug-likeness (QED) is 0.887. The Balaban J connectivity index is 2.16. The van der Waals surface area contributed by atoms with E-state index >= 15 is 0 Å². The molecule has 0 aliphatic heterocycles. The van der Waals surface area contributed by atoms with Crippen molar-refractivity contribution < 1.29 is 19.1 Å². The molecule has 0 aliphatic carbocycles. The molecule has 0 fully saturated rings. The number of amides is 1. The van der Waals surface area contributed by atoms with E-state index in [1.165, 1.54) is 7.11 Å². The predicted octanol–water partition coefficient (Wildman–Crippen LogP) is 2.13. The Labute approximate surface area is 121 Å². The third kappa shape index (κ3) is 3.12. The van der Waals surface area contributed by atoms with E-state index in [0.29, 0.717) is 10.6 Å². The lowest BCUT2D eigenvalue weighted by atomic mass is 10.1. The average molecular weight is 298 g/mol. The number of methoxy groups -OCH3 is 1. The zero-order valence-electron chi connectivity index (χ0n) is 11.3. The Morgan fingerprint density at radius 1 is 1.55 bits per heavy atom. The highest BCUT2D eigenvalue weighted by Crippen LogP contribution is 2.27. The van der Waals surface area contributed by atoms with Crippen LogP contribution in [0, 0.1) is 6.92 Å². The van der Waals surface area contributed by atoms with Crippen molar-refractivity contribution in [3.63, 3.8) is 0 Å². The molecule has 0 bridgehead atoms. The molecule has 1 aromatic carbocycles. The van der Waals surface area contributed by atoms with Gasteiger partial charge < -0.3 is 19.6 Å². The summed E-state index contributed by atoms with van der Waals surface area (Å²) in [6.45, 7) is 2.06. The number of halogens is 1. The Morgan fingerprint density at radius 3 is 3.00 bits per heavy atom. The highest BCUT2D eigenvalue weighted by atomic mass is 35.5. The van der Waals surface area contributed by atoms with Gasteiger partial charge in [0.05, 0.1) is 12.7 Å². The zero-order valence-corrected chi connectivity index (χ0v) is 12.0. The Kier molecular flexibility index (Phi) is 4.65. The van der Waals surface area contributed by atoms with Crippen LogP contribution in [0.2, 0.25) is 5.02 Å². The van der Waals surface area contributed by atoms with E-state index in [9.17, 15) is 9.90 Å². The molecule has 0 saturated heterocycles. The minimum Gasteiger partial charge on any atom is -0.451 e. The summed E-state index contributed by atoms with van der Waals surface area (Å²) in [5, 5.41) is 13.5. The van der Waals surface area contributed by atoms with E-state index in [0.717, 1.165) is 10.9 Å². The number of rotatable bonds is 5. The van der Waals surface area contributed by atoms with Crippen LogP contribution in [0.25, 0.3) is 11.0 Å². The number of aliphatic hydroxyl groups excluding tert-OH is 1. The second kappa shape index (κ2) is 6.26. The highest BCUT2D eigenvalue weighted by molar-refractivity contribution is 6.31. The largest absolute Gasteiger partial charge is 0.451 e. The first-order valence-corrected chi connectivity index (χ1v) is 6.54. The second-order valence-corrected chi connectivity index (χ2v) is 4.95. The van der Waals surface area contributed by atoms with Crippen LogP contribution >= 0.6 is 11.6 Å². The SMILES string of the molecule is COCC(O)CNC(=O)c1oc2ccc(Cl)cc2c1C. The number of ether oxygens (including phenoxy) is 1. The first-order chi connectivity index (χ1) is 9.52. The first kappa shape index (κ1) is 14.8. The van der Waals surface area contributed by atoms with Crippen LogP contribution in [-0.4, -0.2) is 37.4 Å². The summed E-state index contributed by atoms with van der Waals surface area (Å²) in [7, 11) is 1.48. The van der Waals surface area contributed by atoms with Gasteiger partial charge in [0.25, 0.3) is 5.91 Å². The van der Waals surface area contributed by atoms with Gasteiger partial charge in [0, 0.05) is 29.6 Å². The van der Waals surface area contributed by atoms with Gasteiger partial charge in [-0.2, -0.15) is 0 Å². The molecule has 2 N–H and O–H groups in total. The second-order valence-electron chi connectivity index (χ2n) is 4.52. The van der Waals surface area contributed by atoms with Gasteiger partial charge in [0.15, 0.2) is 5.76 Å². The molecule has 20 heavy (non-hydrogen) atoms. The van der Waals surface area contributed by atoms with Crippen molar-refractivity contribution in [3.05, 3.63) is 34.5 Å². The van der Waals surface area contributed by atoms with Gasteiger partial charge in [-0.05, 0) is 25.1 Å². The van der Waals surface area contributed by atoms with Crippen molar-refractivity contribution in [2.24, 2.45) is 0 Å². The molecule has 1 heterocycles. The summed E-state index contributed by atoms with van der Waals surface area (Å²) in [5.41, 5.74) is 1.33. The van der Waals surface area contributed by atoms with Crippen molar-refractivity contribution in [2.75, 3.05) is 20.3 Å². The molecule has 1 amide bonds. The van der Waals surface area contributed by atoms with E-state index in [1.807, 2.05) is 0 Å². The van der Waals surface area contributed by atoms with Gasteiger partial charge in [-0.1, -0.05) is 11.6 Å². The summed E-state index contributed by atoms with van der Waals surface area (Å²) >= 11 is 5.93. The number of nitrogens with one attached hydrogen (secondary N) is 1. The van der Waals surface area contributed by atoms with Gasteiger partial charge in [-0.15, -0.1) is 0 Å². The molecular weight excluding hydrogens is 282 g/mol. The number of hydrogen-bond donors (Lipinski definition) is 2. The molecule has 2 aromatic rings. The van der Waals surface area contributed by atoms with E-state index in [-0.39, 0.29) is 24.8 Å². The van der Waals surface area contributed by atoms with Crippen LogP contribution < -0.4 is 5.32 Å². The maximum Gasteiger partial charge on any atom is 0.287 e. The summed E-state index contributed by atoms with van der Waals surface area (Å²) < 4.78 is 10.3. The Bertz CT molecular complexity index is 623. The number of furan rings is 1. The van der Waals surface area contributed by atoms with Crippen molar-refractivity contribution in [3.8, 4) is 0 Å². The molecule has 1 unspecified atom stereocenters. The van der Waals surface area contributed by atoms with Crippen LogP contribution in [0.5, 0.6) is 0 Å². The fraction of sp³-hybridized carbons (Fsp3) is 0.357. The molecule has 0 spiro atoms. The van der Waals surface area contributed by atoms with Crippen LogP contribution in [0.4, 0.5) is 0 Å². The van der Waals surface area contributed by atoms with E-state index in [1.54, 1.807) is 25.1 Å². The van der Waals surface area contributed by atoms with Crippen LogP contribution in [0.15, 0.2) is 22.6 Å². The van der Waals surface area contributed by atoms with Crippen molar-refractivity contribution in [1.29, 1.82) is 0 Å². The van der Waals surface area contributed by atoms with Crippen LogP contribution in [-0.2, 0) is 4.74 Å². The fourth-order valence-corrected chi connectivity index (χ4v) is 2.12. The maximum absolute atomic E-state index is 12.0. The maximum atomic E-state index is 12.0. The molecule has 2 rings (SSSR count). The topological polar surface area (TPSA) is 71.7 Å². The molecule has 5 nitrogen and oxygen atoms in total. The molecule has 1 aromatic heterocycles. The summed E-state index contributed by atoms with van der Waals surface area (Å²) in [6.07, 6.45) is -0.747. The number of carbonyl (C=O) groups is 1. The van der Waals surface area contributed by atoms with Crippen LogP contribution in [0.3, 0.4) is 0 Å². The van der Waals surface area contributed by atoms with Crippen molar-refractivity contribution in [1.82, 2.24) is 5.32 Å². The van der Waals surface area contributed by atoms with Crippen molar-refractivity contribution >= 4 is 28.5 Å². The summed E-state index contributed by atoms with van der Waals surface area (Å²) in [4.78, 5) is 12.0. The number of aryl methyl sites for hydroxylation is 1. The lowest BCUT2D eigenvalue weighted by Crippen LogP contribution is -2.34. The molecule has 0 aliphatic rings. The van der Waals surface area contributed by atoms with Gasteiger partial charge in [0.1, 0.15) is 5.58 Å². The van der Waals surface area contributed by atoms with Crippen LogP contribution in [0.1, 0.15) is 16.1 Å². The average Bonchev–Trinajstić information content (AvgIpc) is 2.74. The Morgan fingerprint density at radius 2 is 2.30 bits per heavy atom. The van der Waals surface area contributed by atoms with Gasteiger partial charge in [-0.25, -0.2) is 0 Å². The number of carbonyl (C=O) groups excluding carboxylic acids is 1. The summed E-state index contributed by atoms with van der Waals surface area (Å²) in [6, 6.07) is 5.18. The van der Waals surface area contributed by atoms with Gasteiger partial charge in [-0.3, -0.25) is 4.79 Å². The Hall–Kier alpha value is -1.56. The van der Waals surface area contributed by atoms with E-state index in [2.05, 4.69) is 5.32 Å². The molecule has 1 atom stereocenters. The monoisotopic (exact) mass is 297 g/mol. The standard InChI is InChI=1S/C14H16ClNO4/c1-8-11-5-9(15)3-4-12(11)20-13(8)14(18)16-6-10(17)7-19-2/h3-5,10,17H,6-7H2,1-2H3,(H,16,18). The lowest BCUT2D eigenvalue weighted by Gasteiger charge is -2.09. The number of hydrogen-bond acceptors (Lipinski definition) is 4. The molecular formula is C14H16ClNO4. The minimum atomic E-state index is -0.747. The fourth-order valence-electron chi connectivity index (χ4n) is 1.95. The van der Waals surface area contributed by atoms with E-state index < -0.39 is 6.10 Å². The summed E-state index contributed by atoms with van der Waals surface area (Å²) in [5.74, 6) is -0.142. The smallest absolute Gasteiger partial charge is 0.287 e. The van der Waals surface area contributed by atoms with Crippen molar-refractivity contribution in [2.45, 2.75) is 13.0 Å². The normalized spacial score (nSPS) is 12.6. The number of benzene rings is 1. The third-order valence-electron chi connectivity index (χ3n) is 2.96. The lowest BCUT2D eigenvalue weighted by molar-refractivity contribution is 0.0603. The number of aliphatic hydroxyl groups is 1. The zero-order chi connectivity index (χ0) is 14.7. The predicted molar refractivity (Wildman–Crippen MR) is 76.2 cm³/mol. The molecule has 108 valence electrons. The number of fused-ring (bicyclic) bond motifs is 1. The minimum absolute atomic E-state index is 0.101. The van der Waals surface area contributed by atoms with Gasteiger partial charge >= 0.3 is 0 Å². The van der Waals surface area contributed by atoms with Gasteiger partial charge in [0.2, 0.25) is 0 Å².